The molecule has 0 spiro atoms. The Morgan fingerprint density at radius 1 is 1.60 bits per heavy atom. The molecule has 0 radical (unpaired) electrons. The van der Waals surface area contributed by atoms with E-state index in [0.717, 1.165) is 6.42 Å². The van der Waals surface area contributed by atoms with Crippen molar-refractivity contribution < 1.29 is 19.4 Å². The lowest BCUT2D eigenvalue weighted by Crippen LogP contribution is -2.55. The number of carbonyl (C=O) groups is 2. The average Bonchev–Trinajstić information content (AvgIpc) is 3.05. The summed E-state index contributed by atoms with van der Waals surface area (Å²) in [6, 6.07) is 2.04. The minimum atomic E-state index is -1.37. The molecule has 6 heteroatoms. The summed E-state index contributed by atoms with van der Waals surface area (Å²) in [5.74, 6) is -1.18. The maximum Gasteiger partial charge on any atom is 0.331 e. The molecule has 1 heterocycles. The van der Waals surface area contributed by atoms with Crippen LogP contribution >= 0.6 is 11.3 Å². The maximum absolute atomic E-state index is 12.2. The van der Waals surface area contributed by atoms with E-state index in [9.17, 15) is 14.7 Å². The second kappa shape index (κ2) is 5.54. The summed E-state index contributed by atoms with van der Waals surface area (Å²) in [6.45, 7) is 3.44. The van der Waals surface area contributed by atoms with Crippen molar-refractivity contribution in [2.24, 2.45) is 5.92 Å². The van der Waals surface area contributed by atoms with Crippen LogP contribution in [0.15, 0.2) is 11.4 Å². The lowest BCUT2D eigenvalue weighted by molar-refractivity contribution is -0.149. The van der Waals surface area contributed by atoms with Gasteiger partial charge in [0, 0.05) is 23.8 Å². The number of carboxylic acids is 1. The van der Waals surface area contributed by atoms with Crippen LogP contribution in [0.5, 0.6) is 0 Å². The number of carboxylic acid groups (broad SMARTS) is 1. The summed E-state index contributed by atoms with van der Waals surface area (Å²) in [5.41, 5.74) is -0.170. The summed E-state index contributed by atoms with van der Waals surface area (Å²) in [7, 11) is 1.42. The monoisotopic (exact) mass is 297 g/mol. The van der Waals surface area contributed by atoms with Crippen molar-refractivity contribution in [3.8, 4) is 0 Å². The topological polar surface area (TPSA) is 75.6 Å². The smallest absolute Gasteiger partial charge is 0.331 e. The van der Waals surface area contributed by atoms with Crippen molar-refractivity contribution in [1.29, 1.82) is 0 Å². The molecule has 1 aliphatic carbocycles. The zero-order chi connectivity index (χ0) is 14.9. The number of carbonyl (C=O) groups excluding carboxylic acids is 1. The van der Waals surface area contributed by atoms with E-state index in [0.29, 0.717) is 0 Å². The van der Waals surface area contributed by atoms with Crippen LogP contribution in [-0.4, -0.2) is 36.2 Å². The van der Waals surface area contributed by atoms with Crippen LogP contribution < -0.4 is 5.32 Å². The standard InChI is InChI=1S/C14H19NO4S/c1-8-4-5-20-11(8)9-6-10(9)12(16)15-14(2,7-19-3)13(17)18/h4-5,9-10H,6-7H2,1-3H3,(H,15,16)(H,17,18). The van der Waals surface area contributed by atoms with Crippen LogP contribution in [0.4, 0.5) is 0 Å². The largest absolute Gasteiger partial charge is 0.479 e. The Bertz CT molecular complexity index is 527. The van der Waals surface area contributed by atoms with E-state index >= 15 is 0 Å². The Morgan fingerprint density at radius 2 is 2.30 bits per heavy atom. The fourth-order valence-corrected chi connectivity index (χ4v) is 3.45. The van der Waals surface area contributed by atoms with E-state index in [1.165, 1.54) is 24.5 Å². The first-order valence-electron chi connectivity index (χ1n) is 6.47. The number of amides is 1. The van der Waals surface area contributed by atoms with Crippen LogP contribution in [0.25, 0.3) is 0 Å². The third-order valence-corrected chi connectivity index (χ3v) is 4.82. The molecule has 1 saturated carbocycles. The predicted molar refractivity (Wildman–Crippen MR) is 76.0 cm³/mol. The van der Waals surface area contributed by atoms with Gasteiger partial charge in [0.25, 0.3) is 0 Å². The highest BCUT2D eigenvalue weighted by Gasteiger charge is 2.48. The number of methoxy groups -OCH3 is 1. The minimum Gasteiger partial charge on any atom is -0.479 e. The molecule has 3 atom stereocenters. The van der Waals surface area contributed by atoms with Gasteiger partial charge in [0.1, 0.15) is 0 Å². The Hall–Kier alpha value is -1.40. The summed E-state index contributed by atoms with van der Waals surface area (Å²) in [5, 5.41) is 13.8. The number of hydrogen-bond acceptors (Lipinski definition) is 4. The van der Waals surface area contributed by atoms with Gasteiger partial charge >= 0.3 is 5.97 Å². The third kappa shape index (κ3) is 2.86. The zero-order valence-corrected chi connectivity index (χ0v) is 12.6. The average molecular weight is 297 g/mol. The van der Waals surface area contributed by atoms with E-state index < -0.39 is 11.5 Å². The SMILES string of the molecule is COCC(C)(NC(=O)C1CC1c1sccc1C)C(=O)O. The first-order valence-corrected chi connectivity index (χ1v) is 7.35. The molecule has 0 aromatic carbocycles. The highest BCUT2D eigenvalue weighted by atomic mass is 32.1. The van der Waals surface area contributed by atoms with Crippen molar-refractivity contribution in [2.75, 3.05) is 13.7 Å². The molecule has 5 nitrogen and oxygen atoms in total. The first-order chi connectivity index (χ1) is 9.39. The number of rotatable bonds is 6. The fraction of sp³-hybridized carbons (Fsp3) is 0.571. The summed E-state index contributed by atoms with van der Waals surface area (Å²) in [6.07, 6.45) is 0.788. The molecule has 2 rings (SSSR count). The van der Waals surface area contributed by atoms with E-state index in [1.54, 1.807) is 11.3 Å². The van der Waals surface area contributed by atoms with E-state index in [2.05, 4.69) is 5.32 Å². The normalized spacial score (nSPS) is 23.9. The second-order valence-electron chi connectivity index (χ2n) is 5.48. The molecule has 1 fully saturated rings. The van der Waals surface area contributed by atoms with Gasteiger partial charge in [-0.05, 0) is 37.3 Å². The van der Waals surface area contributed by atoms with Crippen LogP contribution in [0.3, 0.4) is 0 Å². The lowest BCUT2D eigenvalue weighted by Gasteiger charge is -2.25. The van der Waals surface area contributed by atoms with Crippen molar-refractivity contribution in [2.45, 2.75) is 31.7 Å². The van der Waals surface area contributed by atoms with Crippen molar-refractivity contribution in [1.82, 2.24) is 5.32 Å². The number of ether oxygens (including phenoxy) is 1. The van der Waals surface area contributed by atoms with E-state index in [1.807, 2.05) is 18.4 Å². The predicted octanol–water partition coefficient (Wildman–Crippen LogP) is 1.77. The van der Waals surface area contributed by atoms with Gasteiger partial charge in [0.2, 0.25) is 5.91 Å². The Balaban J connectivity index is 2.00. The Kier molecular flexibility index (Phi) is 4.15. The van der Waals surface area contributed by atoms with Gasteiger partial charge < -0.3 is 15.2 Å². The van der Waals surface area contributed by atoms with E-state index in [-0.39, 0.29) is 24.3 Å². The Morgan fingerprint density at radius 3 is 2.80 bits per heavy atom. The van der Waals surface area contributed by atoms with Crippen LogP contribution in [-0.2, 0) is 14.3 Å². The lowest BCUT2D eigenvalue weighted by atomic mass is 10.0. The van der Waals surface area contributed by atoms with Gasteiger partial charge in [0.15, 0.2) is 5.54 Å². The fourth-order valence-electron chi connectivity index (χ4n) is 2.34. The second-order valence-corrected chi connectivity index (χ2v) is 6.42. The van der Waals surface area contributed by atoms with Crippen molar-refractivity contribution in [3.63, 3.8) is 0 Å². The van der Waals surface area contributed by atoms with Gasteiger partial charge in [-0.1, -0.05) is 0 Å². The highest BCUT2D eigenvalue weighted by Crippen LogP contribution is 2.50. The zero-order valence-electron chi connectivity index (χ0n) is 11.8. The molecule has 110 valence electrons. The summed E-state index contributed by atoms with van der Waals surface area (Å²) in [4.78, 5) is 24.7. The molecule has 2 N–H and O–H groups in total. The highest BCUT2D eigenvalue weighted by molar-refractivity contribution is 7.10. The molecule has 20 heavy (non-hydrogen) atoms. The van der Waals surface area contributed by atoms with Crippen molar-refractivity contribution in [3.05, 3.63) is 21.9 Å². The minimum absolute atomic E-state index is 0.0521. The number of thiophene rings is 1. The van der Waals surface area contributed by atoms with Gasteiger partial charge in [-0.15, -0.1) is 11.3 Å². The van der Waals surface area contributed by atoms with Gasteiger partial charge in [-0.3, -0.25) is 4.79 Å². The molecule has 1 amide bonds. The van der Waals surface area contributed by atoms with Gasteiger partial charge in [-0.2, -0.15) is 0 Å². The Labute approximate surface area is 121 Å². The molecular weight excluding hydrogens is 278 g/mol. The molecule has 0 aliphatic heterocycles. The molecule has 1 aliphatic rings. The maximum atomic E-state index is 12.2. The van der Waals surface area contributed by atoms with Crippen LogP contribution in [0.1, 0.15) is 29.7 Å². The summed E-state index contributed by atoms with van der Waals surface area (Å²) >= 11 is 1.65. The molecular formula is C14H19NO4S. The molecule has 0 bridgehead atoms. The number of nitrogens with one attached hydrogen (secondary N) is 1. The molecule has 0 saturated heterocycles. The summed E-state index contributed by atoms with van der Waals surface area (Å²) < 4.78 is 4.89. The van der Waals surface area contributed by atoms with E-state index in [4.69, 9.17) is 4.74 Å². The third-order valence-electron chi connectivity index (χ3n) is 3.67. The molecule has 1 aromatic heterocycles. The van der Waals surface area contributed by atoms with Crippen LogP contribution in [0, 0.1) is 12.8 Å². The first kappa shape index (κ1) is 15.0. The van der Waals surface area contributed by atoms with Gasteiger partial charge in [0.05, 0.1) is 6.61 Å². The van der Waals surface area contributed by atoms with Crippen molar-refractivity contribution >= 4 is 23.2 Å². The van der Waals surface area contributed by atoms with Crippen LogP contribution in [0.2, 0.25) is 0 Å². The number of hydrogen-bond donors (Lipinski definition) is 2. The van der Waals surface area contributed by atoms with Gasteiger partial charge in [-0.25, -0.2) is 4.79 Å². The molecule has 3 unspecified atom stereocenters. The number of aryl methyl sites for hydroxylation is 1. The quantitative estimate of drug-likeness (QED) is 0.839. The molecule has 1 aromatic rings. The number of aliphatic carboxylic acids is 1.